The molecular weight excluding hydrogens is 314 g/mol. The van der Waals surface area contributed by atoms with Crippen LogP contribution in [-0.2, 0) is 0 Å². The van der Waals surface area contributed by atoms with E-state index in [-0.39, 0.29) is 11.7 Å². The monoisotopic (exact) mass is 331 g/mol. The van der Waals surface area contributed by atoms with Crippen LogP contribution in [0.5, 0.6) is 0 Å². The van der Waals surface area contributed by atoms with Crippen molar-refractivity contribution in [1.29, 1.82) is 0 Å². The fourth-order valence-corrected chi connectivity index (χ4v) is 2.60. The zero-order valence-electron chi connectivity index (χ0n) is 14.0. The number of hydrogen-bond acceptors (Lipinski definition) is 4. The standard InChI is InChI=1S/C20H17N3O2/c1-13-9-10-15(19(24)16-7-3-5-11-21-16)14(2)18(13)23-20(25)17-8-4-6-12-22-17/h3-12H,1-2H3,(H,23,25). The Labute approximate surface area is 145 Å². The molecule has 1 N–H and O–H groups in total. The zero-order valence-corrected chi connectivity index (χ0v) is 14.0. The summed E-state index contributed by atoms with van der Waals surface area (Å²) in [5, 5.41) is 2.87. The number of benzene rings is 1. The minimum atomic E-state index is -0.311. The number of carbonyl (C=O) groups is 2. The molecular formula is C20H17N3O2. The van der Waals surface area contributed by atoms with Crippen molar-refractivity contribution in [3.05, 3.63) is 89.0 Å². The van der Waals surface area contributed by atoms with Crippen LogP contribution in [0.1, 0.15) is 37.7 Å². The Morgan fingerprint density at radius 3 is 2.08 bits per heavy atom. The van der Waals surface area contributed by atoms with Crippen LogP contribution in [0, 0.1) is 13.8 Å². The van der Waals surface area contributed by atoms with Crippen molar-refractivity contribution in [2.45, 2.75) is 13.8 Å². The highest BCUT2D eigenvalue weighted by atomic mass is 16.2. The molecule has 0 fully saturated rings. The minimum absolute atomic E-state index is 0.175. The Kier molecular flexibility index (Phi) is 4.66. The van der Waals surface area contributed by atoms with Crippen LogP contribution in [0.25, 0.3) is 0 Å². The van der Waals surface area contributed by atoms with Crippen molar-refractivity contribution in [2.24, 2.45) is 0 Å². The van der Waals surface area contributed by atoms with Gasteiger partial charge in [0.1, 0.15) is 11.4 Å². The largest absolute Gasteiger partial charge is 0.320 e. The first kappa shape index (κ1) is 16.5. The molecule has 0 bridgehead atoms. The molecule has 0 saturated carbocycles. The Bertz CT molecular complexity index is 922. The van der Waals surface area contributed by atoms with Crippen molar-refractivity contribution >= 4 is 17.4 Å². The van der Waals surface area contributed by atoms with E-state index >= 15 is 0 Å². The average Bonchev–Trinajstić information content (AvgIpc) is 2.66. The number of rotatable bonds is 4. The molecule has 0 aliphatic rings. The molecule has 3 rings (SSSR count). The maximum absolute atomic E-state index is 12.7. The molecule has 0 aliphatic carbocycles. The molecule has 0 unspecified atom stereocenters. The van der Waals surface area contributed by atoms with E-state index in [0.29, 0.717) is 28.2 Å². The average molecular weight is 331 g/mol. The van der Waals surface area contributed by atoms with Crippen LogP contribution in [0.15, 0.2) is 60.9 Å². The number of amides is 1. The van der Waals surface area contributed by atoms with Gasteiger partial charge in [-0.2, -0.15) is 0 Å². The summed E-state index contributed by atoms with van der Waals surface area (Å²) in [6.45, 7) is 3.70. The molecule has 25 heavy (non-hydrogen) atoms. The van der Waals surface area contributed by atoms with Gasteiger partial charge in [-0.05, 0) is 49.2 Å². The predicted octanol–water partition coefficient (Wildman–Crippen LogP) is 3.58. The first-order chi connectivity index (χ1) is 12.1. The summed E-state index contributed by atoms with van der Waals surface area (Å²) in [5.74, 6) is -0.485. The van der Waals surface area contributed by atoms with Crippen molar-refractivity contribution in [3.8, 4) is 0 Å². The maximum atomic E-state index is 12.7. The summed E-state index contributed by atoms with van der Waals surface area (Å²) in [5.41, 5.74) is 3.41. The summed E-state index contributed by atoms with van der Waals surface area (Å²) in [4.78, 5) is 33.3. The van der Waals surface area contributed by atoms with Gasteiger partial charge in [0.2, 0.25) is 5.78 Å². The van der Waals surface area contributed by atoms with Crippen molar-refractivity contribution < 1.29 is 9.59 Å². The Hall–Kier alpha value is -3.34. The van der Waals surface area contributed by atoms with Crippen LogP contribution in [0.3, 0.4) is 0 Å². The topological polar surface area (TPSA) is 72.0 Å². The third kappa shape index (κ3) is 3.45. The molecule has 2 heterocycles. The lowest BCUT2D eigenvalue weighted by Gasteiger charge is -2.14. The first-order valence-electron chi connectivity index (χ1n) is 7.86. The fraction of sp³-hybridized carbons (Fsp3) is 0.100. The normalized spacial score (nSPS) is 10.3. The van der Waals surface area contributed by atoms with Crippen molar-refractivity contribution in [3.63, 3.8) is 0 Å². The van der Waals surface area contributed by atoms with Gasteiger partial charge in [-0.25, -0.2) is 0 Å². The molecule has 5 nitrogen and oxygen atoms in total. The highest BCUT2D eigenvalue weighted by Gasteiger charge is 2.18. The number of aryl methyl sites for hydroxylation is 1. The van der Waals surface area contributed by atoms with E-state index < -0.39 is 0 Å². The van der Waals surface area contributed by atoms with E-state index in [1.807, 2.05) is 19.9 Å². The number of pyridine rings is 2. The number of anilines is 1. The van der Waals surface area contributed by atoms with Gasteiger partial charge in [-0.3, -0.25) is 19.6 Å². The second kappa shape index (κ2) is 7.05. The first-order valence-corrected chi connectivity index (χ1v) is 7.86. The fourth-order valence-electron chi connectivity index (χ4n) is 2.60. The van der Waals surface area contributed by atoms with Crippen molar-refractivity contribution in [2.75, 3.05) is 5.32 Å². The number of nitrogens with one attached hydrogen (secondary N) is 1. The predicted molar refractivity (Wildman–Crippen MR) is 95.8 cm³/mol. The lowest BCUT2D eigenvalue weighted by Crippen LogP contribution is -2.16. The number of aromatic nitrogens is 2. The van der Waals surface area contributed by atoms with Gasteiger partial charge < -0.3 is 5.32 Å². The zero-order chi connectivity index (χ0) is 17.8. The van der Waals surface area contributed by atoms with Gasteiger partial charge in [0.05, 0.1) is 0 Å². The highest BCUT2D eigenvalue weighted by molar-refractivity contribution is 6.11. The molecule has 1 amide bonds. The van der Waals surface area contributed by atoms with Crippen LogP contribution in [-0.4, -0.2) is 21.7 Å². The van der Waals surface area contributed by atoms with Crippen LogP contribution < -0.4 is 5.32 Å². The van der Waals surface area contributed by atoms with Gasteiger partial charge >= 0.3 is 0 Å². The van der Waals surface area contributed by atoms with Gasteiger partial charge in [0, 0.05) is 23.6 Å². The van der Waals surface area contributed by atoms with Crippen LogP contribution in [0.2, 0.25) is 0 Å². The highest BCUT2D eigenvalue weighted by Crippen LogP contribution is 2.25. The summed E-state index contributed by atoms with van der Waals surface area (Å²) >= 11 is 0. The SMILES string of the molecule is Cc1ccc(C(=O)c2ccccn2)c(C)c1NC(=O)c1ccccn1. The Morgan fingerprint density at radius 1 is 0.840 bits per heavy atom. The van der Waals surface area contributed by atoms with Crippen molar-refractivity contribution in [1.82, 2.24) is 9.97 Å². The lowest BCUT2D eigenvalue weighted by molar-refractivity contribution is 0.101. The van der Waals surface area contributed by atoms with Gasteiger partial charge in [0.15, 0.2) is 0 Å². The molecule has 2 aromatic heterocycles. The summed E-state index contributed by atoms with van der Waals surface area (Å²) in [6.07, 6.45) is 3.15. The Balaban J connectivity index is 1.95. The molecule has 0 spiro atoms. The van der Waals surface area contributed by atoms with E-state index in [0.717, 1.165) is 5.56 Å². The second-order valence-corrected chi connectivity index (χ2v) is 5.64. The number of hydrogen-bond donors (Lipinski definition) is 1. The Morgan fingerprint density at radius 2 is 1.48 bits per heavy atom. The number of nitrogens with zero attached hydrogens (tertiary/aromatic N) is 2. The molecule has 0 saturated heterocycles. The van der Waals surface area contributed by atoms with E-state index in [1.165, 1.54) is 0 Å². The smallest absolute Gasteiger partial charge is 0.274 e. The molecule has 0 atom stereocenters. The van der Waals surface area contributed by atoms with Crippen LogP contribution >= 0.6 is 0 Å². The maximum Gasteiger partial charge on any atom is 0.274 e. The molecule has 0 aliphatic heterocycles. The minimum Gasteiger partial charge on any atom is -0.320 e. The van der Waals surface area contributed by atoms with Crippen LogP contribution in [0.4, 0.5) is 5.69 Å². The van der Waals surface area contributed by atoms with E-state index in [1.54, 1.807) is 54.9 Å². The van der Waals surface area contributed by atoms with E-state index in [9.17, 15) is 9.59 Å². The summed E-state index contributed by atoms with van der Waals surface area (Å²) < 4.78 is 0. The quantitative estimate of drug-likeness (QED) is 0.742. The third-order valence-corrected chi connectivity index (χ3v) is 3.95. The summed E-state index contributed by atoms with van der Waals surface area (Å²) in [6, 6.07) is 13.9. The number of ketones is 1. The van der Waals surface area contributed by atoms with E-state index in [4.69, 9.17) is 0 Å². The second-order valence-electron chi connectivity index (χ2n) is 5.64. The summed E-state index contributed by atoms with van der Waals surface area (Å²) in [7, 11) is 0. The number of carbonyl (C=O) groups excluding carboxylic acids is 2. The van der Waals surface area contributed by atoms with Gasteiger partial charge in [-0.15, -0.1) is 0 Å². The molecule has 5 heteroatoms. The van der Waals surface area contributed by atoms with Gasteiger partial charge in [0.25, 0.3) is 5.91 Å². The lowest BCUT2D eigenvalue weighted by atomic mass is 9.97. The van der Waals surface area contributed by atoms with E-state index in [2.05, 4.69) is 15.3 Å². The third-order valence-electron chi connectivity index (χ3n) is 3.95. The molecule has 1 aromatic carbocycles. The molecule has 124 valence electrons. The van der Waals surface area contributed by atoms with Gasteiger partial charge in [-0.1, -0.05) is 24.3 Å². The molecule has 3 aromatic rings. The molecule has 0 radical (unpaired) electrons.